The Bertz CT molecular complexity index is 527. The van der Waals surface area contributed by atoms with Crippen LogP contribution in [-0.4, -0.2) is 39.5 Å². The van der Waals surface area contributed by atoms with Crippen molar-refractivity contribution in [2.75, 3.05) is 20.8 Å². The zero-order valence-corrected chi connectivity index (χ0v) is 13.1. The van der Waals surface area contributed by atoms with Gasteiger partial charge in [-0.25, -0.2) is 0 Å². The predicted molar refractivity (Wildman–Crippen MR) is 91.0 cm³/mol. The fourth-order valence-corrected chi connectivity index (χ4v) is 2.02. The molecule has 0 saturated carbocycles. The number of aryl methyl sites for hydroxylation is 1. The van der Waals surface area contributed by atoms with E-state index in [1.54, 1.807) is 14.2 Å². The highest BCUT2D eigenvalue weighted by atomic mass is 16.5. The molecule has 1 aromatic carbocycles. The Labute approximate surface area is 131 Å². The van der Waals surface area contributed by atoms with Crippen molar-refractivity contribution in [3.8, 4) is 11.5 Å². The van der Waals surface area contributed by atoms with Gasteiger partial charge in [-0.1, -0.05) is 18.2 Å². The van der Waals surface area contributed by atoms with Gasteiger partial charge in [0, 0.05) is 0 Å². The van der Waals surface area contributed by atoms with E-state index in [0.717, 1.165) is 29.9 Å². The van der Waals surface area contributed by atoms with Crippen LogP contribution in [0.3, 0.4) is 0 Å². The normalized spacial score (nSPS) is 13.2. The van der Waals surface area contributed by atoms with Crippen LogP contribution in [0.4, 0.5) is 0 Å². The molecule has 0 radical (unpaired) electrons. The van der Waals surface area contributed by atoms with Gasteiger partial charge in [0.15, 0.2) is 11.5 Å². The first-order valence-electron chi connectivity index (χ1n) is 7.06. The molecule has 1 aromatic rings. The summed E-state index contributed by atoms with van der Waals surface area (Å²) in [5.41, 5.74) is 11.7. The fourth-order valence-electron chi connectivity index (χ4n) is 2.02. The van der Waals surface area contributed by atoms with E-state index in [9.17, 15) is 0 Å². The number of methoxy groups -OCH3 is 2. The van der Waals surface area contributed by atoms with E-state index in [0.29, 0.717) is 6.54 Å². The Morgan fingerprint density at radius 3 is 2.55 bits per heavy atom. The van der Waals surface area contributed by atoms with E-state index in [2.05, 4.69) is 9.98 Å². The van der Waals surface area contributed by atoms with E-state index < -0.39 is 0 Å². The number of rotatable bonds is 9. The van der Waals surface area contributed by atoms with Crippen molar-refractivity contribution in [1.82, 2.24) is 0 Å². The molecule has 0 aliphatic carbocycles. The summed E-state index contributed by atoms with van der Waals surface area (Å²) in [7, 11) is 3.25. The molecule has 6 heteroatoms. The lowest BCUT2D eigenvalue weighted by molar-refractivity contribution is 0.354. The molecule has 0 amide bonds. The van der Waals surface area contributed by atoms with E-state index in [1.807, 2.05) is 30.4 Å². The van der Waals surface area contributed by atoms with Crippen molar-refractivity contribution in [2.45, 2.75) is 18.9 Å². The maximum atomic E-state index is 5.40. The van der Waals surface area contributed by atoms with Crippen LogP contribution < -0.4 is 20.9 Å². The highest BCUT2D eigenvalue weighted by Gasteiger charge is 2.07. The van der Waals surface area contributed by atoms with Gasteiger partial charge in [0.25, 0.3) is 0 Å². The summed E-state index contributed by atoms with van der Waals surface area (Å²) in [6.07, 6.45) is 8.22. The van der Waals surface area contributed by atoms with E-state index in [-0.39, 0.29) is 6.04 Å². The minimum absolute atomic E-state index is 0.0195. The topological polar surface area (TPSA) is 95.2 Å². The minimum Gasteiger partial charge on any atom is -0.493 e. The van der Waals surface area contributed by atoms with Gasteiger partial charge in [-0.3, -0.25) is 9.98 Å². The van der Waals surface area contributed by atoms with Gasteiger partial charge in [-0.2, -0.15) is 0 Å². The van der Waals surface area contributed by atoms with Crippen LogP contribution in [0.5, 0.6) is 11.5 Å². The molecule has 1 rings (SSSR count). The van der Waals surface area contributed by atoms with E-state index >= 15 is 0 Å². The smallest absolute Gasteiger partial charge is 0.160 e. The van der Waals surface area contributed by atoms with Crippen molar-refractivity contribution in [1.29, 1.82) is 0 Å². The average molecular weight is 304 g/mol. The molecule has 22 heavy (non-hydrogen) atoms. The molecular weight excluding hydrogens is 280 g/mol. The Morgan fingerprint density at radius 1 is 1.14 bits per heavy atom. The molecule has 120 valence electrons. The third kappa shape index (κ3) is 5.87. The molecule has 0 bridgehead atoms. The fraction of sp³-hybridized carbons (Fsp3) is 0.375. The van der Waals surface area contributed by atoms with Crippen molar-refractivity contribution in [2.24, 2.45) is 21.5 Å². The lowest BCUT2D eigenvalue weighted by Gasteiger charge is -2.11. The SMILES string of the molecule is COc1ccc(CCC(C=CCN=CN)N=CN)cc1OC. The average Bonchev–Trinajstić information content (AvgIpc) is 2.56. The van der Waals surface area contributed by atoms with Gasteiger partial charge in [-0.15, -0.1) is 0 Å². The van der Waals surface area contributed by atoms with Gasteiger partial charge in [0.2, 0.25) is 0 Å². The first-order valence-corrected chi connectivity index (χ1v) is 7.06. The Balaban J connectivity index is 2.66. The van der Waals surface area contributed by atoms with Crippen LogP contribution in [0.2, 0.25) is 0 Å². The van der Waals surface area contributed by atoms with Crippen molar-refractivity contribution in [3.05, 3.63) is 35.9 Å². The second-order valence-corrected chi connectivity index (χ2v) is 4.54. The van der Waals surface area contributed by atoms with Crippen LogP contribution in [0.15, 0.2) is 40.3 Å². The minimum atomic E-state index is 0.0195. The van der Waals surface area contributed by atoms with Crippen LogP contribution >= 0.6 is 0 Å². The zero-order chi connectivity index (χ0) is 16.2. The lowest BCUT2D eigenvalue weighted by Crippen LogP contribution is -2.06. The summed E-state index contributed by atoms with van der Waals surface area (Å²) < 4.78 is 10.5. The van der Waals surface area contributed by atoms with Gasteiger partial charge in [-0.05, 0) is 30.5 Å². The lowest BCUT2D eigenvalue weighted by atomic mass is 10.0. The molecule has 0 aliphatic rings. The number of hydrogen-bond acceptors (Lipinski definition) is 4. The van der Waals surface area contributed by atoms with Gasteiger partial charge in [0.1, 0.15) is 0 Å². The number of hydrogen-bond donors (Lipinski definition) is 2. The number of benzene rings is 1. The van der Waals surface area contributed by atoms with Crippen LogP contribution in [0, 0.1) is 0 Å². The summed E-state index contributed by atoms with van der Waals surface area (Å²) >= 11 is 0. The summed E-state index contributed by atoms with van der Waals surface area (Å²) in [6.45, 7) is 0.545. The highest BCUT2D eigenvalue weighted by molar-refractivity contribution is 5.52. The molecule has 0 saturated heterocycles. The van der Waals surface area contributed by atoms with E-state index in [4.69, 9.17) is 20.9 Å². The maximum Gasteiger partial charge on any atom is 0.160 e. The van der Waals surface area contributed by atoms with Gasteiger partial charge >= 0.3 is 0 Å². The molecule has 0 aliphatic heterocycles. The first-order chi connectivity index (χ1) is 10.7. The Morgan fingerprint density at radius 2 is 1.91 bits per heavy atom. The first kappa shape index (κ1) is 17.6. The summed E-state index contributed by atoms with van der Waals surface area (Å²) in [6, 6.07) is 5.92. The third-order valence-electron chi connectivity index (χ3n) is 3.13. The van der Waals surface area contributed by atoms with Gasteiger partial charge < -0.3 is 20.9 Å². The molecule has 0 fully saturated rings. The number of aliphatic imine (C=N–C) groups is 2. The predicted octanol–water partition coefficient (Wildman–Crippen LogP) is 1.54. The molecule has 6 nitrogen and oxygen atoms in total. The van der Waals surface area contributed by atoms with Crippen molar-refractivity contribution in [3.63, 3.8) is 0 Å². The molecule has 0 aromatic heterocycles. The maximum absolute atomic E-state index is 5.40. The van der Waals surface area contributed by atoms with E-state index in [1.165, 1.54) is 12.7 Å². The number of nitrogens with two attached hydrogens (primary N) is 2. The molecule has 0 spiro atoms. The standard InChI is InChI=1S/C16H24N4O2/c1-21-15-8-6-13(10-16(15)22-2)5-7-14(20-12-18)4-3-9-19-11-17/h3-4,6,8,10-12,14H,5,7,9H2,1-2H3,(H2,17,19)(H2,18,20). The van der Waals surface area contributed by atoms with Gasteiger partial charge in [0.05, 0.1) is 39.5 Å². The summed E-state index contributed by atoms with van der Waals surface area (Å²) in [5, 5.41) is 0. The van der Waals surface area contributed by atoms with Crippen LogP contribution in [-0.2, 0) is 6.42 Å². The third-order valence-corrected chi connectivity index (χ3v) is 3.13. The molecular formula is C16H24N4O2. The second kappa shape index (κ2) is 10.3. The summed E-state index contributed by atoms with van der Waals surface area (Å²) in [5.74, 6) is 1.45. The Hall–Kier alpha value is -2.50. The van der Waals surface area contributed by atoms with Crippen molar-refractivity contribution < 1.29 is 9.47 Å². The quantitative estimate of drug-likeness (QED) is 0.411. The number of nitrogens with zero attached hydrogens (tertiary/aromatic N) is 2. The summed E-state index contributed by atoms with van der Waals surface area (Å²) in [4.78, 5) is 8.16. The zero-order valence-electron chi connectivity index (χ0n) is 13.1. The highest BCUT2D eigenvalue weighted by Crippen LogP contribution is 2.28. The monoisotopic (exact) mass is 304 g/mol. The molecule has 1 unspecified atom stereocenters. The molecule has 1 atom stereocenters. The van der Waals surface area contributed by atoms with Crippen LogP contribution in [0.1, 0.15) is 12.0 Å². The molecule has 0 heterocycles. The molecule has 4 N–H and O–H groups in total. The van der Waals surface area contributed by atoms with Crippen molar-refractivity contribution >= 4 is 12.7 Å². The van der Waals surface area contributed by atoms with Crippen LogP contribution in [0.25, 0.3) is 0 Å². The number of ether oxygens (including phenoxy) is 2. The Kier molecular flexibility index (Phi) is 8.18. The second-order valence-electron chi connectivity index (χ2n) is 4.54. The largest absolute Gasteiger partial charge is 0.493 e.